The standard InChI is InChI=1S/C20H15ClN2O4/c21-14-2-1-3-16(10-14)23-11-13(9-18(23)24)20(26)22-15-5-6-17-12(8-15)4-7-19(25)27-17/h1-8,10,13H,9,11H2,(H,22,26). The van der Waals surface area contributed by atoms with Gasteiger partial charge in [-0.2, -0.15) is 0 Å². The molecule has 2 amide bonds. The molecule has 6 nitrogen and oxygen atoms in total. The summed E-state index contributed by atoms with van der Waals surface area (Å²) in [6.07, 6.45) is 0.140. The Bertz CT molecular complexity index is 1110. The summed E-state index contributed by atoms with van der Waals surface area (Å²) in [4.78, 5) is 37.7. The van der Waals surface area contributed by atoms with Crippen molar-refractivity contribution in [1.82, 2.24) is 0 Å². The molecular weight excluding hydrogens is 368 g/mol. The van der Waals surface area contributed by atoms with Crippen LogP contribution in [-0.4, -0.2) is 18.4 Å². The van der Waals surface area contributed by atoms with Crippen LogP contribution in [0.25, 0.3) is 11.0 Å². The van der Waals surface area contributed by atoms with Crippen molar-refractivity contribution in [2.24, 2.45) is 5.92 Å². The van der Waals surface area contributed by atoms with Crippen molar-refractivity contribution in [1.29, 1.82) is 0 Å². The van der Waals surface area contributed by atoms with E-state index in [1.165, 1.54) is 6.07 Å². The lowest BCUT2D eigenvalue weighted by Gasteiger charge is -2.17. The molecule has 1 atom stereocenters. The Morgan fingerprint density at radius 3 is 2.78 bits per heavy atom. The Balaban J connectivity index is 1.49. The maximum Gasteiger partial charge on any atom is 0.336 e. The van der Waals surface area contributed by atoms with E-state index in [0.717, 1.165) is 0 Å². The van der Waals surface area contributed by atoms with Gasteiger partial charge in [0.25, 0.3) is 0 Å². The molecule has 1 aliphatic rings. The third-order valence-corrected chi connectivity index (χ3v) is 4.74. The summed E-state index contributed by atoms with van der Waals surface area (Å²) in [6.45, 7) is 0.299. The van der Waals surface area contributed by atoms with Crippen LogP contribution in [0.2, 0.25) is 5.02 Å². The zero-order valence-corrected chi connectivity index (χ0v) is 14.9. The summed E-state index contributed by atoms with van der Waals surface area (Å²) in [7, 11) is 0. The Morgan fingerprint density at radius 1 is 1.11 bits per heavy atom. The van der Waals surface area contributed by atoms with Gasteiger partial charge in [0.15, 0.2) is 0 Å². The number of amides is 2. The molecule has 2 heterocycles. The Kier molecular flexibility index (Phi) is 4.41. The van der Waals surface area contributed by atoms with Gasteiger partial charge in [0.2, 0.25) is 11.8 Å². The topological polar surface area (TPSA) is 79.6 Å². The first-order chi connectivity index (χ1) is 13.0. The van der Waals surface area contributed by atoms with Crippen LogP contribution in [0.4, 0.5) is 11.4 Å². The van der Waals surface area contributed by atoms with Crippen LogP contribution in [0.15, 0.2) is 63.8 Å². The Morgan fingerprint density at radius 2 is 1.96 bits per heavy atom. The molecule has 136 valence electrons. The Labute approximate surface area is 159 Å². The summed E-state index contributed by atoms with van der Waals surface area (Å²) < 4.78 is 5.08. The van der Waals surface area contributed by atoms with E-state index < -0.39 is 11.5 Å². The molecule has 2 aromatic carbocycles. The lowest BCUT2D eigenvalue weighted by atomic mass is 10.1. The van der Waals surface area contributed by atoms with Gasteiger partial charge in [-0.25, -0.2) is 4.79 Å². The second kappa shape index (κ2) is 6.89. The van der Waals surface area contributed by atoms with Crippen molar-refractivity contribution >= 4 is 45.8 Å². The minimum Gasteiger partial charge on any atom is -0.423 e. The fourth-order valence-corrected chi connectivity index (χ4v) is 3.36. The molecular formula is C20H15ClN2O4. The van der Waals surface area contributed by atoms with Crippen molar-refractivity contribution in [3.63, 3.8) is 0 Å². The number of hydrogen-bond acceptors (Lipinski definition) is 4. The molecule has 1 unspecified atom stereocenters. The van der Waals surface area contributed by atoms with Gasteiger partial charge in [-0.3, -0.25) is 9.59 Å². The number of carbonyl (C=O) groups excluding carboxylic acids is 2. The molecule has 0 aliphatic carbocycles. The highest BCUT2D eigenvalue weighted by Gasteiger charge is 2.35. The first-order valence-corrected chi connectivity index (χ1v) is 8.78. The highest BCUT2D eigenvalue weighted by molar-refractivity contribution is 6.31. The molecule has 0 saturated carbocycles. The predicted octanol–water partition coefficient (Wildman–Crippen LogP) is 3.44. The molecule has 3 aromatic rings. The van der Waals surface area contributed by atoms with E-state index in [-0.39, 0.29) is 18.2 Å². The van der Waals surface area contributed by atoms with Crippen LogP contribution in [0, 0.1) is 5.92 Å². The average Bonchev–Trinajstić information content (AvgIpc) is 3.04. The van der Waals surface area contributed by atoms with Crippen molar-refractivity contribution in [2.75, 3.05) is 16.8 Å². The van der Waals surface area contributed by atoms with Crippen LogP contribution in [0.1, 0.15) is 6.42 Å². The highest BCUT2D eigenvalue weighted by Crippen LogP contribution is 2.28. The van der Waals surface area contributed by atoms with Crippen LogP contribution in [0.3, 0.4) is 0 Å². The molecule has 1 aliphatic heterocycles. The predicted molar refractivity (Wildman–Crippen MR) is 103 cm³/mol. The number of benzene rings is 2. The minimum atomic E-state index is -0.458. The first kappa shape index (κ1) is 17.3. The second-order valence-corrected chi connectivity index (χ2v) is 6.82. The zero-order valence-electron chi connectivity index (χ0n) is 14.1. The number of rotatable bonds is 3. The summed E-state index contributed by atoms with van der Waals surface area (Å²) in [6, 6.07) is 15.0. The summed E-state index contributed by atoms with van der Waals surface area (Å²) in [5.74, 6) is -0.803. The third kappa shape index (κ3) is 3.57. The SMILES string of the molecule is O=C(Nc1ccc2oc(=O)ccc2c1)C1CC(=O)N(c2cccc(Cl)c2)C1. The number of hydrogen-bond donors (Lipinski definition) is 1. The fraction of sp³-hybridized carbons (Fsp3) is 0.150. The van der Waals surface area contributed by atoms with Gasteiger partial charge < -0.3 is 14.6 Å². The normalized spacial score (nSPS) is 16.7. The number of carbonyl (C=O) groups is 2. The van der Waals surface area contributed by atoms with E-state index in [1.54, 1.807) is 53.4 Å². The van der Waals surface area contributed by atoms with E-state index in [2.05, 4.69) is 5.32 Å². The summed E-state index contributed by atoms with van der Waals surface area (Å²) in [5, 5.41) is 4.07. The number of halogens is 1. The maximum absolute atomic E-state index is 12.6. The second-order valence-electron chi connectivity index (χ2n) is 6.38. The van der Waals surface area contributed by atoms with Gasteiger partial charge in [0.05, 0.1) is 5.92 Å². The van der Waals surface area contributed by atoms with Gasteiger partial charge in [0, 0.05) is 40.8 Å². The fourth-order valence-electron chi connectivity index (χ4n) is 3.17. The minimum absolute atomic E-state index is 0.113. The van der Waals surface area contributed by atoms with Gasteiger partial charge in [0.1, 0.15) is 5.58 Å². The molecule has 1 aromatic heterocycles. The molecule has 1 saturated heterocycles. The van der Waals surface area contributed by atoms with E-state index in [1.807, 2.05) is 0 Å². The highest BCUT2D eigenvalue weighted by atomic mass is 35.5. The molecule has 7 heteroatoms. The third-order valence-electron chi connectivity index (χ3n) is 4.50. The van der Waals surface area contributed by atoms with Crippen LogP contribution >= 0.6 is 11.6 Å². The number of nitrogens with zero attached hydrogens (tertiary/aromatic N) is 1. The average molecular weight is 383 g/mol. The van der Waals surface area contributed by atoms with E-state index in [0.29, 0.717) is 33.9 Å². The lowest BCUT2D eigenvalue weighted by molar-refractivity contribution is -0.122. The van der Waals surface area contributed by atoms with Gasteiger partial charge in [-0.1, -0.05) is 17.7 Å². The molecule has 1 fully saturated rings. The van der Waals surface area contributed by atoms with E-state index in [4.69, 9.17) is 16.0 Å². The van der Waals surface area contributed by atoms with Crippen LogP contribution in [-0.2, 0) is 9.59 Å². The molecule has 0 bridgehead atoms. The van der Waals surface area contributed by atoms with Gasteiger partial charge in [-0.15, -0.1) is 0 Å². The number of nitrogens with one attached hydrogen (secondary N) is 1. The van der Waals surface area contributed by atoms with Crippen molar-refractivity contribution in [3.8, 4) is 0 Å². The molecule has 1 N–H and O–H groups in total. The molecule has 0 radical (unpaired) electrons. The quantitative estimate of drug-likeness (QED) is 0.704. The van der Waals surface area contributed by atoms with Crippen molar-refractivity contribution < 1.29 is 14.0 Å². The van der Waals surface area contributed by atoms with E-state index >= 15 is 0 Å². The van der Waals surface area contributed by atoms with Crippen molar-refractivity contribution in [2.45, 2.75) is 6.42 Å². The monoisotopic (exact) mass is 382 g/mol. The molecule has 0 spiro atoms. The first-order valence-electron chi connectivity index (χ1n) is 8.40. The largest absolute Gasteiger partial charge is 0.423 e. The molecule has 27 heavy (non-hydrogen) atoms. The van der Waals surface area contributed by atoms with Gasteiger partial charge >= 0.3 is 5.63 Å². The van der Waals surface area contributed by atoms with Gasteiger partial charge in [-0.05, 0) is 42.5 Å². The van der Waals surface area contributed by atoms with Crippen LogP contribution in [0.5, 0.6) is 0 Å². The van der Waals surface area contributed by atoms with Crippen molar-refractivity contribution in [3.05, 3.63) is 70.0 Å². The van der Waals surface area contributed by atoms with E-state index in [9.17, 15) is 14.4 Å². The summed E-state index contributed by atoms with van der Waals surface area (Å²) in [5.41, 5.74) is 1.28. The number of fused-ring (bicyclic) bond motifs is 1. The van der Waals surface area contributed by atoms with Crippen LogP contribution < -0.4 is 15.8 Å². The molecule has 4 rings (SSSR count). The summed E-state index contributed by atoms with van der Waals surface area (Å²) >= 11 is 5.99. The smallest absolute Gasteiger partial charge is 0.336 e. The maximum atomic E-state index is 12.6. The Hall–Kier alpha value is -3.12. The lowest BCUT2D eigenvalue weighted by Crippen LogP contribution is -2.28. The number of anilines is 2. The zero-order chi connectivity index (χ0) is 19.0.